The van der Waals surface area contributed by atoms with Crippen LogP contribution in [0.3, 0.4) is 0 Å². The highest BCUT2D eigenvalue weighted by Gasteiger charge is 2.22. The van der Waals surface area contributed by atoms with Crippen LogP contribution in [-0.2, 0) is 9.53 Å². The topological polar surface area (TPSA) is 35.5 Å². The summed E-state index contributed by atoms with van der Waals surface area (Å²) in [7, 11) is 1.62. The van der Waals surface area contributed by atoms with Crippen molar-refractivity contribution < 1.29 is 14.3 Å². The maximum absolute atomic E-state index is 12.1. The summed E-state index contributed by atoms with van der Waals surface area (Å²) >= 11 is 0. The molecular weight excluding hydrogens is 288 g/mol. The molecule has 0 aromatic heterocycles. The SMILES string of the molecule is COc1cccc(/C=C2/C=C(c3ccc(C)cc3C)OC2=O)c1. The van der Waals surface area contributed by atoms with Crippen molar-refractivity contribution in [3.8, 4) is 5.75 Å². The third kappa shape index (κ3) is 3.19. The van der Waals surface area contributed by atoms with E-state index < -0.39 is 0 Å². The minimum atomic E-state index is -0.331. The fourth-order valence-corrected chi connectivity index (χ4v) is 2.62. The van der Waals surface area contributed by atoms with Crippen molar-refractivity contribution in [3.63, 3.8) is 0 Å². The third-order valence-corrected chi connectivity index (χ3v) is 3.79. The van der Waals surface area contributed by atoms with E-state index in [1.54, 1.807) is 19.3 Å². The van der Waals surface area contributed by atoms with Gasteiger partial charge in [0.05, 0.1) is 12.7 Å². The number of methoxy groups -OCH3 is 1. The van der Waals surface area contributed by atoms with Crippen molar-refractivity contribution in [2.75, 3.05) is 7.11 Å². The van der Waals surface area contributed by atoms with Crippen LogP contribution in [0.5, 0.6) is 5.75 Å². The van der Waals surface area contributed by atoms with Crippen LogP contribution in [0, 0.1) is 13.8 Å². The molecule has 1 aliphatic heterocycles. The number of hydrogen-bond acceptors (Lipinski definition) is 3. The Kier molecular flexibility index (Phi) is 4.02. The summed E-state index contributed by atoms with van der Waals surface area (Å²) in [5.41, 5.74) is 4.65. The van der Waals surface area contributed by atoms with Crippen molar-refractivity contribution in [2.45, 2.75) is 13.8 Å². The minimum Gasteiger partial charge on any atom is -0.497 e. The van der Waals surface area contributed by atoms with Gasteiger partial charge in [0.2, 0.25) is 0 Å². The molecule has 0 aliphatic carbocycles. The van der Waals surface area contributed by atoms with Crippen LogP contribution in [0.4, 0.5) is 0 Å². The first-order valence-corrected chi connectivity index (χ1v) is 7.44. The Bertz CT molecular complexity index is 829. The number of rotatable bonds is 3. The summed E-state index contributed by atoms with van der Waals surface area (Å²) in [5, 5.41) is 0. The molecule has 2 aromatic rings. The van der Waals surface area contributed by atoms with Crippen LogP contribution in [-0.4, -0.2) is 13.1 Å². The van der Waals surface area contributed by atoms with Crippen molar-refractivity contribution >= 4 is 17.8 Å². The standard InChI is InChI=1S/C20H18O3/c1-13-7-8-18(14(2)9-13)19-12-16(20(21)23-19)10-15-5-4-6-17(11-15)22-3/h4-12H,1-3H3/b16-10-. The Hall–Kier alpha value is -2.81. The number of cyclic esters (lactones) is 1. The van der Waals surface area contributed by atoms with Gasteiger partial charge in [0.25, 0.3) is 0 Å². The van der Waals surface area contributed by atoms with Gasteiger partial charge in [-0.15, -0.1) is 0 Å². The van der Waals surface area contributed by atoms with Crippen LogP contribution in [0.25, 0.3) is 11.8 Å². The largest absolute Gasteiger partial charge is 0.497 e. The summed E-state index contributed by atoms with van der Waals surface area (Å²) in [4.78, 5) is 12.1. The number of hydrogen-bond donors (Lipinski definition) is 0. The Morgan fingerprint density at radius 1 is 1.09 bits per heavy atom. The van der Waals surface area contributed by atoms with Gasteiger partial charge in [0.1, 0.15) is 11.5 Å². The molecule has 0 unspecified atom stereocenters. The molecule has 0 spiro atoms. The van der Waals surface area contributed by atoms with Crippen molar-refractivity contribution in [1.29, 1.82) is 0 Å². The van der Waals surface area contributed by atoms with Crippen molar-refractivity contribution in [3.05, 3.63) is 76.4 Å². The van der Waals surface area contributed by atoms with Gasteiger partial charge in [-0.1, -0.05) is 35.9 Å². The predicted molar refractivity (Wildman–Crippen MR) is 91.0 cm³/mol. The molecule has 116 valence electrons. The second-order valence-corrected chi connectivity index (χ2v) is 5.59. The number of carbonyl (C=O) groups is 1. The highest BCUT2D eigenvalue weighted by atomic mass is 16.5. The molecular formula is C20H18O3. The van der Waals surface area contributed by atoms with Crippen molar-refractivity contribution in [2.24, 2.45) is 0 Å². The first kappa shape index (κ1) is 15.1. The number of esters is 1. The number of carbonyl (C=O) groups excluding carboxylic acids is 1. The summed E-state index contributed by atoms with van der Waals surface area (Å²) in [5.74, 6) is 1.02. The van der Waals surface area contributed by atoms with E-state index in [1.165, 1.54) is 5.56 Å². The summed E-state index contributed by atoms with van der Waals surface area (Å²) < 4.78 is 10.6. The molecule has 3 heteroatoms. The lowest BCUT2D eigenvalue weighted by molar-refractivity contribution is -0.130. The first-order chi connectivity index (χ1) is 11.1. The van der Waals surface area contributed by atoms with E-state index in [-0.39, 0.29) is 5.97 Å². The van der Waals surface area contributed by atoms with E-state index in [1.807, 2.05) is 50.2 Å². The molecule has 1 aliphatic rings. The van der Waals surface area contributed by atoms with Gasteiger partial charge in [0.15, 0.2) is 0 Å². The molecule has 0 bridgehead atoms. The summed E-state index contributed by atoms with van der Waals surface area (Å²) in [6.45, 7) is 4.06. The third-order valence-electron chi connectivity index (χ3n) is 3.79. The second kappa shape index (κ2) is 6.13. The Morgan fingerprint density at radius 2 is 1.91 bits per heavy atom. The summed E-state index contributed by atoms with van der Waals surface area (Å²) in [6, 6.07) is 13.6. The zero-order valence-electron chi connectivity index (χ0n) is 13.4. The average Bonchev–Trinajstić information content (AvgIpc) is 2.88. The molecule has 0 amide bonds. The zero-order valence-corrected chi connectivity index (χ0v) is 13.4. The molecule has 2 aromatic carbocycles. The van der Waals surface area contributed by atoms with Gasteiger partial charge in [0, 0.05) is 5.56 Å². The van der Waals surface area contributed by atoms with Gasteiger partial charge < -0.3 is 9.47 Å². The summed E-state index contributed by atoms with van der Waals surface area (Å²) in [6.07, 6.45) is 3.60. The van der Waals surface area contributed by atoms with E-state index in [9.17, 15) is 4.79 Å². The molecule has 0 radical (unpaired) electrons. The predicted octanol–water partition coefficient (Wildman–Crippen LogP) is 4.29. The monoisotopic (exact) mass is 306 g/mol. The van der Waals surface area contributed by atoms with Gasteiger partial charge in [-0.05, 0) is 49.3 Å². The molecule has 23 heavy (non-hydrogen) atoms. The van der Waals surface area contributed by atoms with E-state index in [4.69, 9.17) is 9.47 Å². The normalized spacial score (nSPS) is 15.5. The van der Waals surface area contributed by atoms with Crippen LogP contribution in [0.1, 0.15) is 22.3 Å². The molecule has 0 fully saturated rings. The van der Waals surface area contributed by atoms with E-state index in [0.717, 1.165) is 22.4 Å². The second-order valence-electron chi connectivity index (χ2n) is 5.59. The van der Waals surface area contributed by atoms with Crippen LogP contribution >= 0.6 is 0 Å². The molecule has 1 heterocycles. The molecule has 3 rings (SSSR count). The molecule has 0 N–H and O–H groups in total. The average molecular weight is 306 g/mol. The van der Waals surface area contributed by atoms with Crippen molar-refractivity contribution in [1.82, 2.24) is 0 Å². The van der Waals surface area contributed by atoms with Crippen LogP contribution < -0.4 is 4.74 Å². The molecule has 0 saturated carbocycles. The highest BCUT2D eigenvalue weighted by molar-refractivity contribution is 6.05. The van der Waals surface area contributed by atoms with Gasteiger partial charge in [-0.2, -0.15) is 0 Å². The Balaban J connectivity index is 1.96. The number of aryl methyl sites for hydroxylation is 2. The number of benzene rings is 2. The molecule has 0 atom stereocenters. The fourth-order valence-electron chi connectivity index (χ4n) is 2.62. The number of ether oxygens (including phenoxy) is 2. The quantitative estimate of drug-likeness (QED) is 0.627. The highest BCUT2D eigenvalue weighted by Crippen LogP contribution is 2.30. The maximum Gasteiger partial charge on any atom is 0.343 e. The Labute approximate surface area is 135 Å². The van der Waals surface area contributed by atoms with Crippen LogP contribution in [0.15, 0.2) is 54.1 Å². The lowest BCUT2D eigenvalue weighted by Crippen LogP contribution is -1.98. The fraction of sp³-hybridized carbons (Fsp3) is 0.150. The van der Waals surface area contributed by atoms with Gasteiger partial charge in [-0.25, -0.2) is 4.79 Å². The van der Waals surface area contributed by atoms with E-state index in [0.29, 0.717) is 11.3 Å². The lowest BCUT2D eigenvalue weighted by atomic mass is 10.0. The van der Waals surface area contributed by atoms with E-state index >= 15 is 0 Å². The lowest BCUT2D eigenvalue weighted by Gasteiger charge is -2.06. The zero-order chi connectivity index (χ0) is 16.4. The molecule has 0 saturated heterocycles. The smallest absolute Gasteiger partial charge is 0.343 e. The van der Waals surface area contributed by atoms with E-state index in [2.05, 4.69) is 6.07 Å². The Morgan fingerprint density at radius 3 is 2.65 bits per heavy atom. The minimum absolute atomic E-state index is 0.331. The molecule has 3 nitrogen and oxygen atoms in total. The van der Waals surface area contributed by atoms with Gasteiger partial charge >= 0.3 is 5.97 Å². The van der Waals surface area contributed by atoms with Gasteiger partial charge in [-0.3, -0.25) is 0 Å². The first-order valence-electron chi connectivity index (χ1n) is 7.44. The van der Waals surface area contributed by atoms with Crippen LogP contribution in [0.2, 0.25) is 0 Å². The maximum atomic E-state index is 12.1.